The van der Waals surface area contributed by atoms with Gasteiger partial charge in [0.1, 0.15) is 5.82 Å². The second kappa shape index (κ2) is 9.25. The SMILES string of the molecule is O=C(CCC1CCNCC1)NCCNC(=O)c1ccc(F)cc1. The Morgan fingerprint density at radius 2 is 1.74 bits per heavy atom. The number of nitrogens with one attached hydrogen (secondary N) is 3. The zero-order chi connectivity index (χ0) is 16.5. The van der Waals surface area contributed by atoms with Gasteiger partial charge in [0.2, 0.25) is 5.91 Å². The third kappa shape index (κ3) is 6.36. The van der Waals surface area contributed by atoms with Gasteiger partial charge in [-0.2, -0.15) is 0 Å². The van der Waals surface area contributed by atoms with E-state index in [-0.39, 0.29) is 17.6 Å². The van der Waals surface area contributed by atoms with Gasteiger partial charge in [0.25, 0.3) is 5.91 Å². The second-order valence-corrected chi connectivity index (χ2v) is 5.84. The molecule has 1 fully saturated rings. The lowest BCUT2D eigenvalue weighted by Crippen LogP contribution is -2.35. The highest BCUT2D eigenvalue weighted by Crippen LogP contribution is 2.17. The molecule has 0 bridgehead atoms. The molecular weight excluding hydrogens is 297 g/mol. The van der Waals surface area contributed by atoms with E-state index in [9.17, 15) is 14.0 Å². The maximum Gasteiger partial charge on any atom is 0.251 e. The molecule has 1 saturated heterocycles. The van der Waals surface area contributed by atoms with Gasteiger partial charge in [-0.25, -0.2) is 4.39 Å². The van der Waals surface area contributed by atoms with Crippen molar-refractivity contribution >= 4 is 11.8 Å². The highest BCUT2D eigenvalue weighted by molar-refractivity contribution is 5.94. The first kappa shape index (κ1) is 17.4. The molecule has 0 aliphatic carbocycles. The maximum atomic E-state index is 12.8. The fourth-order valence-electron chi connectivity index (χ4n) is 2.68. The van der Waals surface area contributed by atoms with Gasteiger partial charge in [0.15, 0.2) is 0 Å². The van der Waals surface area contributed by atoms with Gasteiger partial charge >= 0.3 is 0 Å². The predicted molar refractivity (Wildman–Crippen MR) is 86.6 cm³/mol. The van der Waals surface area contributed by atoms with Crippen LogP contribution in [0.2, 0.25) is 0 Å². The Morgan fingerprint density at radius 3 is 2.43 bits per heavy atom. The van der Waals surface area contributed by atoms with Crippen molar-refractivity contribution in [2.45, 2.75) is 25.7 Å². The van der Waals surface area contributed by atoms with Crippen molar-refractivity contribution in [2.24, 2.45) is 5.92 Å². The Bertz CT molecular complexity index is 513. The number of piperidine rings is 1. The molecular formula is C17H24FN3O2. The van der Waals surface area contributed by atoms with E-state index in [1.165, 1.54) is 24.3 Å². The third-order valence-electron chi connectivity index (χ3n) is 4.08. The lowest BCUT2D eigenvalue weighted by atomic mass is 9.93. The highest BCUT2D eigenvalue weighted by atomic mass is 19.1. The van der Waals surface area contributed by atoms with Crippen LogP contribution in [0.4, 0.5) is 4.39 Å². The van der Waals surface area contributed by atoms with Crippen LogP contribution in [-0.4, -0.2) is 38.0 Å². The monoisotopic (exact) mass is 321 g/mol. The largest absolute Gasteiger partial charge is 0.354 e. The number of benzene rings is 1. The zero-order valence-corrected chi connectivity index (χ0v) is 13.2. The molecule has 0 atom stereocenters. The number of hydrogen-bond acceptors (Lipinski definition) is 3. The van der Waals surface area contributed by atoms with Gasteiger partial charge in [-0.1, -0.05) is 0 Å². The molecule has 0 radical (unpaired) electrons. The van der Waals surface area contributed by atoms with Crippen LogP contribution >= 0.6 is 0 Å². The number of amides is 2. The van der Waals surface area contributed by atoms with Gasteiger partial charge in [0, 0.05) is 25.1 Å². The smallest absolute Gasteiger partial charge is 0.251 e. The van der Waals surface area contributed by atoms with Crippen LogP contribution in [0.25, 0.3) is 0 Å². The van der Waals surface area contributed by atoms with E-state index in [1.54, 1.807) is 0 Å². The van der Waals surface area contributed by atoms with Crippen LogP contribution in [0.3, 0.4) is 0 Å². The Balaban J connectivity index is 1.56. The van der Waals surface area contributed by atoms with Crippen molar-refractivity contribution in [2.75, 3.05) is 26.2 Å². The molecule has 0 aromatic heterocycles. The molecule has 6 heteroatoms. The quantitative estimate of drug-likeness (QED) is 0.666. The third-order valence-corrected chi connectivity index (χ3v) is 4.08. The Hall–Kier alpha value is -1.95. The zero-order valence-electron chi connectivity index (χ0n) is 13.2. The molecule has 2 rings (SSSR count). The Morgan fingerprint density at radius 1 is 1.09 bits per heavy atom. The average molecular weight is 321 g/mol. The first-order chi connectivity index (χ1) is 11.1. The summed E-state index contributed by atoms with van der Waals surface area (Å²) in [6, 6.07) is 5.36. The van der Waals surface area contributed by atoms with E-state index in [0.29, 0.717) is 31.0 Å². The summed E-state index contributed by atoms with van der Waals surface area (Å²) in [4.78, 5) is 23.5. The fourth-order valence-corrected chi connectivity index (χ4v) is 2.68. The highest BCUT2D eigenvalue weighted by Gasteiger charge is 2.14. The Labute approximate surface area is 136 Å². The van der Waals surface area contributed by atoms with Gasteiger partial charge in [-0.05, 0) is 62.5 Å². The van der Waals surface area contributed by atoms with Crippen LogP contribution < -0.4 is 16.0 Å². The molecule has 0 spiro atoms. The van der Waals surface area contributed by atoms with Gasteiger partial charge in [-0.3, -0.25) is 9.59 Å². The maximum absolute atomic E-state index is 12.8. The minimum Gasteiger partial charge on any atom is -0.354 e. The number of carbonyl (C=O) groups is 2. The van der Waals surface area contributed by atoms with E-state index < -0.39 is 0 Å². The fraction of sp³-hybridized carbons (Fsp3) is 0.529. The molecule has 1 aliphatic heterocycles. The number of carbonyl (C=O) groups excluding carboxylic acids is 2. The molecule has 1 heterocycles. The molecule has 3 N–H and O–H groups in total. The summed E-state index contributed by atoms with van der Waals surface area (Å²) in [6.45, 7) is 2.84. The molecule has 0 saturated carbocycles. The first-order valence-electron chi connectivity index (χ1n) is 8.16. The minimum atomic E-state index is -0.373. The van der Waals surface area contributed by atoms with Crippen molar-refractivity contribution in [1.29, 1.82) is 0 Å². The molecule has 1 aromatic rings. The molecule has 2 amide bonds. The molecule has 126 valence electrons. The predicted octanol–water partition coefficient (Wildman–Crippen LogP) is 1.45. The lowest BCUT2D eigenvalue weighted by molar-refractivity contribution is -0.121. The van der Waals surface area contributed by atoms with Gasteiger partial charge < -0.3 is 16.0 Å². The van der Waals surface area contributed by atoms with Gasteiger partial charge in [0.05, 0.1) is 0 Å². The summed E-state index contributed by atoms with van der Waals surface area (Å²) >= 11 is 0. The van der Waals surface area contributed by atoms with Crippen molar-refractivity contribution in [3.8, 4) is 0 Å². The standard InChI is InChI=1S/C17H24FN3O2/c18-15-4-2-14(3-5-15)17(23)21-12-11-20-16(22)6-1-13-7-9-19-10-8-13/h2-5,13,19H,1,6-12H2,(H,20,22)(H,21,23). The summed E-state index contributed by atoms with van der Waals surface area (Å²) in [7, 11) is 0. The Kier molecular flexibility index (Phi) is 7.00. The first-order valence-corrected chi connectivity index (χ1v) is 8.16. The molecule has 1 aliphatic rings. The van der Waals surface area contributed by atoms with Crippen LogP contribution in [0, 0.1) is 11.7 Å². The van der Waals surface area contributed by atoms with E-state index >= 15 is 0 Å². The van der Waals surface area contributed by atoms with Crippen molar-refractivity contribution in [3.63, 3.8) is 0 Å². The lowest BCUT2D eigenvalue weighted by Gasteiger charge is -2.22. The van der Waals surface area contributed by atoms with E-state index in [0.717, 1.165) is 32.4 Å². The summed E-state index contributed by atoms with van der Waals surface area (Å²) in [5.41, 5.74) is 0.406. The van der Waals surface area contributed by atoms with Crippen LogP contribution in [0.5, 0.6) is 0 Å². The topological polar surface area (TPSA) is 70.2 Å². The van der Waals surface area contributed by atoms with Crippen LogP contribution in [-0.2, 0) is 4.79 Å². The number of rotatable bonds is 7. The van der Waals surface area contributed by atoms with Crippen LogP contribution in [0.15, 0.2) is 24.3 Å². The minimum absolute atomic E-state index is 0.0274. The summed E-state index contributed by atoms with van der Waals surface area (Å²) in [5.74, 6) is 0.0243. The van der Waals surface area contributed by atoms with Crippen molar-refractivity contribution in [1.82, 2.24) is 16.0 Å². The van der Waals surface area contributed by atoms with E-state index in [1.807, 2.05) is 0 Å². The van der Waals surface area contributed by atoms with Crippen molar-refractivity contribution in [3.05, 3.63) is 35.6 Å². The number of hydrogen-bond donors (Lipinski definition) is 3. The molecule has 1 aromatic carbocycles. The summed E-state index contributed by atoms with van der Waals surface area (Å²) < 4.78 is 12.8. The average Bonchev–Trinajstić information content (AvgIpc) is 2.58. The summed E-state index contributed by atoms with van der Waals surface area (Å²) in [5, 5.41) is 8.81. The molecule has 5 nitrogen and oxygen atoms in total. The van der Waals surface area contributed by atoms with Crippen molar-refractivity contribution < 1.29 is 14.0 Å². The van der Waals surface area contributed by atoms with Gasteiger partial charge in [-0.15, -0.1) is 0 Å². The number of halogens is 1. The van der Waals surface area contributed by atoms with E-state index in [4.69, 9.17) is 0 Å². The molecule has 0 unspecified atom stereocenters. The summed E-state index contributed by atoms with van der Waals surface area (Å²) in [6.07, 6.45) is 3.74. The van der Waals surface area contributed by atoms with E-state index in [2.05, 4.69) is 16.0 Å². The van der Waals surface area contributed by atoms with Crippen LogP contribution in [0.1, 0.15) is 36.0 Å². The second-order valence-electron chi connectivity index (χ2n) is 5.84. The normalized spacial score (nSPS) is 15.2. The molecule has 23 heavy (non-hydrogen) atoms.